The summed E-state index contributed by atoms with van der Waals surface area (Å²) < 4.78 is 10.1. The van der Waals surface area contributed by atoms with Gasteiger partial charge in [-0.2, -0.15) is 0 Å². The molecule has 0 aliphatic heterocycles. The highest BCUT2D eigenvalue weighted by Crippen LogP contribution is 2.54. The van der Waals surface area contributed by atoms with Gasteiger partial charge in [-0.3, -0.25) is 24.1 Å². The SMILES string of the molecule is CCC(=O)OCOC(=O)N(Cc1cc(N(C)C)c2c(c1O)C(O)=C1C(=O)[C@]3(O)C(O)=C(C(N)=O)C(=O)[C@@H](N(C)C)[C@@H]3C[C@@H]1C2)CC(C)(C)C. The van der Waals surface area contributed by atoms with Crippen LogP contribution in [-0.2, 0) is 41.6 Å². The second-order valence-corrected chi connectivity index (χ2v) is 14.4. The van der Waals surface area contributed by atoms with E-state index in [2.05, 4.69) is 0 Å². The summed E-state index contributed by atoms with van der Waals surface area (Å²) in [4.78, 5) is 69.1. The molecule has 15 nitrogen and oxygen atoms in total. The Kier molecular flexibility index (Phi) is 10.1. The van der Waals surface area contributed by atoms with Gasteiger partial charge in [0.2, 0.25) is 12.6 Å². The van der Waals surface area contributed by atoms with Gasteiger partial charge in [-0.05, 0) is 49.9 Å². The summed E-state index contributed by atoms with van der Waals surface area (Å²) in [6.45, 7) is 6.60. The van der Waals surface area contributed by atoms with E-state index in [0.29, 0.717) is 11.3 Å². The van der Waals surface area contributed by atoms with E-state index in [-0.39, 0.29) is 49.1 Å². The van der Waals surface area contributed by atoms with Crippen molar-refractivity contribution in [3.8, 4) is 5.75 Å². The van der Waals surface area contributed by atoms with Crippen molar-refractivity contribution >= 4 is 41.0 Å². The maximum Gasteiger partial charge on any atom is 0.412 e. The maximum atomic E-state index is 14.3. The molecule has 0 heterocycles. The molecular formula is C34H46N4O11. The number of aliphatic hydroxyl groups is 3. The number of carbonyl (C=O) groups excluding carboxylic acids is 5. The summed E-state index contributed by atoms with van der Waals surface area (Å²) >= 11 is 0. The van der Waals surface area contributed by atoms with Crippen LogP contribution in [0.25, 0.3) is 5.76 Å². The van der Waals surface area contributed by atoms with Crippen LogP contribution >= 0.6 is 0 Å². The van der Waals surface area contributed by atoms with E-state index in [1.54, 1.807) is 32.0 Å². The van der Waals surface area contributed by atoms with Crippen LogP contribution in [0.1, 0.15) is 57.2 Å². The topological polar surface area (TPSA) is 220 Å². The number of anilines is 1. The molecule has 1 saturated carbocycles. The van der Waals surface area contributed by atoms with Gasteiger partial charge in [-0.15, -0.1) is 0 Å². The third-order valence-corrected chi connectivity index (χ3v) is 9.23. The minimum absolute atomic E-state index is 0.0467. The van der Waals surface area contributed by atoms with Crippen LogP contribution in [-0.4, -0.2) is 113 Å². The molecule has 0 radical (unpaired) electrons. The van der Waals surface area contributed by atoms with Crippen LogP contribution in [0.3, 0.4) is 0 Å². The molecule has 268 valence electrons. The van der Waals surface area contributed by atoms with E-state index in [4.69, 9.17) is 15.2 Å². The molecule has 3 aliphatic carbocycles. The summed E-state index contributed by atoms with van der Waals surface area (Å²) in [6.07, 6.45) is -0.673. The summed E-state index contributed by atoms with van der Waals surface area (Å²) in [5.41, 5.74) is 2.16. The third kappa shape index (κ3) is 6.56. The average molecular weight is 687 g/mol. The molecular weight excluding hydrogens is 640 g/mol. The standard InChI is InChI=1S/C34H46N4O11/c1-9-21(39)48-15-49-32(46)38(14-33(2,3)4)13-17-12-20(36(5)6)18-10-16-11-19-25(37(7)8)28(42)24(31(35)45)30(44)34(19,47)29(43)22(16)27(41)23(18)26(17)40/h12,16,19,25,40-41,44,47H,9-11,13-15H2,1-8H3,(H2,35,45)/t16-,19-,25-,34-/m0/s1. The van der Waals surface area contributed by atoms with E-state index < -0.39 is 88.1 Å². The smallest absolute Gasteiger partial charge is 0.412 e. The Morgan fingerprint density at radius 1 is 1.06 bits per heavy atom. The minimum atomic E-state index is -2.77. The molecule has 0 saturated heterocycles. The lowest BCUT2D eigenvalue weighted by molar-refractivity contribution is -0.154. The number of hydrogen-bond donors (Lipinski definition) is 5. The first-order valence-electron chi connectivity index (χ1n) is 15.9. The molecule has 4 rings (SSSR count). The van der Waals surface area contributed by atoms with Crippen LogP contribution in [0.4, 0.5) is 10.5 Å². The van der Waals surface area contributed by atoms with Crippen molar-refractivity contribution in [1.29, 1.82) is 0 Å². The van der Waals surface area contributed by atoms with Crippen LogP contribution < -0.4 is 10.6 Å². The number of nitrogens with two attached hydrogens (primary N) is 1. The van der Waals surface area contributed by atoms with Crippen molar-refractivity contribution in [3.05, 3.63) is 39.7 Å². The Morgan fingerprint density at radius 3 is 2.22 bits per heavy atom. The largest absolute Gasteiger partial charge is 0.508 e. The number of phenols is 1. The number of aromatic hydroxyl groups is 1. The highest BCUT2D eigenvalue weighted by molar-refractivity contribution is 6.24. The van der Waals surface area contributed by atoms with Crippen molar-refractivity contribution < 1.29 is 53.9 Å². The average Bonchev–Trinajstić information content (AvgIpc) is 2.98. The molecule has 15 heteroatoms. The number of primary amides is 1. The van der Waals surface area contributed by atoms with Crippen molar-refractivity contribution in [3.63, 3.8) is 0 Å². The molecule has 3 aliphatic rings. The molecule has 1 aromatic carbocycles. The summed E-state index contributed by atoms with van der Waals surface area (Å²) in [6, 6.07) is 0.467. The minimum Gasteiger partial charge on any atom is -0.508 e. The number of aliphatic hydroxyl groups excluding tert-OH is 2. The summed E-state index contributed by atoms with van der Waals surface area (Å²) in [5.74, 6) is -8.01. The van der Waals surface area contributed by atoms with Crippen molar-refractivity contribution in [1.82, 2.24) is 9.80 Å². The van der Waals surface area contributed by atoms with Gasteiger partial charge in [0.1, 0.15) is 22.8 Å². The van der Waals surface area contributed by atoms with Gasteiger partial charge in [0.05, 0.1) is 18.2 Å². The molecule has 1 fully saturated rings. The van der Waals surface area contributed by atoms with Gasteiger partial charge in [0.25, 0.3) is 5.91 Å². The number of ether oxygens (including phenoxy) is 2. The summed E-state index contributed by atoms with van der Waals surface area (Å²) in [7, 11) is 6.56. The Labute approximate surface area is 284 Å². The zero-order chi connectivity index (χ0) is 36.9. The van der Waals surface area contributed by atoms with Gasteiger partial charge in [-0.1, -0.05) is 27.7 Å². The monoisotopic (exact) mass is 686 g/mol. The number of nitrogens with zero attached hydrogens (tertiary/aromatic N) is 3. The molecule has 49 heavy (non-hydrogen) atoms. The van der Waals surface area contributed by atoms with E-state index in [9.17, 15) is 44.4 Å². The van der Waals surface area contributed by atoms with Gasteiger partial charge < -0.3 is 45.4 Å². The predicted molar refractivity (Wildman–Crippen MR) is 176 cm³/mol. The van der Waals surface area contributed by atoms with E-state index >= 15 is 0 Å². The maximum absolute atomic E-state index is 14.3. The van der Waals surface area contributed by atoms with Crippen molar-refractivity contribution in [2.24, 2.45) is 23.0 Å². The van der Waals surface area contributed by atoms with Gasteiger partial charge in [0, 0.05) is 49.8 Å². The second-order valence-electron chi connectivity index (χ2n) is 14.4. The van der Waals surface area contributed by atoms with Gasteiger partial charge in [0.15, 0.2) is 11.4 Å². The number of carbonyl (C=O) groups is 5. The molecule has 6 N–H and O–H groups in total. The lowest BCUT2D eigenvalue weighted by Crippen LogP contribution is -2.65. The number of esters is 1. The molecule has 1 aromatic rings. The van der Waals surface area contributed by atoms with Gasteiger partial charge in [-0.25, -0.2) is 4.79 Å². The first-order chi connectivity index (χ1) is 22.7. The van der Waals surface area contributed by atoms with E-state index in [1.165, 1.54) is 23.9 Å². The Hall–Kier alpha value is -4.63. The molecule has 4 atom stereocenters. The van der Waals surface area contributed by atoms with Gasteiger partial charge >= 0.3 is 12.1 Å². The van der Waals surface area contributed by atoms with Crippen molar-refractivity contribution in [2.45, 2.75) is 65.1 Å². The zero-order valence-corrected chi connectivity index (χ0v) is 29.1. The first-order valence-corrected chi connectivity index (χ1v) is 15.9. The van der Waals surface area contributed by atoms with E-state index in [0.717, 1.165) is 0 Å². The number of hydrogen-bond acceptors (Lipinski definition) is 13. The number of amides is 2. The first kappa shape index (κ1) is 37.2. The Balaban J connectivity index is 1.86. The number of fused-ring (bicyclic) bond motifs is 3. The summed E-state index contributed by atoms with van der Waals surface area (Å²) in [5, 5.41) is 46.5. The fourth-order valence-corrected chi connectivity index (χ4v) is 7.17. The number of rotatable bonds is 9. The Morgan fingerprint density at radius 2 is 1.69 bits per heavy atom. The molecule has 0 bridgehead atoms. The fraction of sp³-hybridized carbons (Fsp3) is 0.559. The molecule has 0 unspecified atom stereocenters. The number of ketones is 2. The number of phenolic OH excluding ortho intramolecular Hbond substituents is 1. The lowest BCUT2D eigenvalue weighted by Gasteiger charge is -2.50. The molecule has 0 spiro atoms. The lowest BCUT2D eigenvalue weighted by atomic mass is 9.57. The zero-order valence-electron chi connectivity index (χ0n) is 29.1. The quantitative estimate of drug-likeness (QED) is 0.143. The van der Waals surface area contributed by atoms with E-state index in [1.807, 2.05) is 20.8 Å². The molecule has 0 aromatic heterocycles. The van der Waals surface area contributed by atoms with Crippen LogP contribution in [0.5, 0.6) is 5.75 Å². The normalized spacial score (nSPS) is 23.5. The highest BCUT2D eigenvalue weighted by atomic mass is 16.7. The number of Topliss-reactive ketones (excluding diaryl/α,β-unsaturated/α-hetero) is 2. The van der Waals surface area contributed by atoms with Crippen LogP contribution in [0.2, 0.25) is 0 Å². The fourth-order valence-electron chi connectivity index (χ4n) is 7.17. The van der Waals surface area contributed by atoms with Crippen LogP contribution in [0, 0.1) is 17.3 Å². The highest BCUT2D eigenvalue weighted by Gasteiger charge is 2.64. The second kappa shape index (κ2) is 13.3. The van der Waals surface area contributed by atoms with Crippen molar-refractivity contribution in [2.75, 3.05) is 46.4 Å². The molecule has 2 amide bonds. The number of likely N-dealkylation sites (N-methyl/N-ethyl adjacent to an activating group) is 1. The number of benzene rings is 1. The predicted octanol–water partition coefficient (Wildman–Crippen LogP) is 1.93. The van der Waals surface area contributed by atoms with Crippen LogP contribution in [0.15, 0.2) is 23.0 Å². The third-order valence-electron chi connectivity index (χ3n) is 9.23. The Bertz CT molecular complexity index is 1660.